The van der Waals surface area contributed by atoms with E-state index in [1.165, 1.54) is 6.92 Å². The molecule has 2 heterocycles. The molecule has 0 bridgehead atoms. The molecule has 0 saturated carbocycles. The number of carbonyl (C=O) groups excluding carboxylic acids is 1. The molecule has 0 aliphatic carbocycles. The molecule has 188 valence electrons. The molecule has 0 saturated heterocycles. The first kappa shape index (κ1) is 25.0. The zero-order valence-corrected chi connectivity index (χ0v) is 22.7. The number of nitrogens with one attached hydrogen (secondary N) is 1. The second-order valence-electron chi connectivity index (χ2n) is 8.45. The molecule has 0 radical (unpaired) electrons. The van der Waals surface area contributed by atoms with E-state index in [1.54, 1.807) is 25.3 Å². The predicted molar refractivity (Wildman–Crippen MR) is 148 cm³/mol. The van der Waals surface area contributed by atoms with E-state index in [1.807, 2.05) is 54.6 Å². The number of hydrogen-bond donors (Lipinski definition) is 1. The number of benzene rings is 3. The summed E-state index contributed by atoms with van der Waals surface area (Å²) in [6.45, 7) is 1.53. The topological polar surface area (TPSA) is 88.9 Å². The van der Waals surface area contributed by atoms with Gasteiger partial charge in [-0.2, -0.15) is 10.1 Å². The van der Waals surface area contributed by atoms with Gasteiger partial charge in [0.25, 0.3) is 0 Å². The molecule has 1 N–H and O–H groups in total. The fraction of sp³-hybridized carbons (Fsp3) is 0.185. The smallest absolute Gasteiger partial charge is 0.240 e. The number of ether oxygens (including phenoxy) is 2. The number of nitrogens with zero attached hydrogens (tertiary/aromatic N) is 4. The zero-order valence-electron chi connectivity index (χ0n) is 20.3. The Labute approximate surface area is 227 Å². The largest absolute Gasteiger partial charge is 0.493 e. The standard InChI is InChI=1S/C27H23BrClN5O3/c1-15(35)34-23(16-7-9-18(28)10-8-16)13-21(33-34)17-5-4-6-19(11-17)30-26-20-12-24(36-2)25(37-3)14-22(20)31-27(29)32-26/h4-12,14,23H,13H2,1-3H3,(H,30,31,32). The van der Waals surface area contributed by atoms with E-state index in [0.29, 0.717) is 29.3 Å². The molecule has 5 rings (SSSR count). The van der Waals surface area contributed by atoms with Crippen molar-refractivity contribution in [2.75, 3.05) is 19.5 Å². The fourth-order valence-electron chi connectivity index (χ4n) is 4.36. The maximum atomic E-state index is 12.4. The normalized spacial score (nSPS) is 15.0. The van der Waals surface area contributed by atoms with Crippen LogP contribution in [0.5, 0.6) is 11.5 Å². The molecule has 0 fully saturated rings. The summed E-state index contributed by atoms with van der Waals surface area (Å²) in [6, 6.07) is 19.2. The van der Waals surface area contributed by atoms with Crippen molar-refractivity contribution >= 4 is 61.6 Å². The number of hydrazone groups is 1. The Hall–Kier alpha value is -3.69. The third-order valence-corrected chi connectivity index (χ3v) is 6.82. The van der Waals surface area contributed by atoms with Gasteiger partial charge in [-0.1, -0.05) is 40.2 Å². The van der Waals surface area contributed by atoms with Gasteiger partial charge in [0.1, 0.15) is 5.82 Å². The van der Waals surface area contributed by atoms with Gasteiger partial charge in [0.15, 0.2) is 11.5 Å². The lowest BCUT2D eigenvalue weighted by atomic mass is 9.98. The van der Waals surface area contributed by atoms with Gasteiger partial charge < -0.3 is 14.8 Å². The van der Waals surface area contributed by atoms with Crippen molar-refractivity contribution in [3.05, 3.63) is 81.5 Å². The number of fused-ring (bicyclic) bond motifs is 1. The number of amides is 1. The van der Waals surface area contributed by atoms with Crippen LogP contribution < -0.4 is 14.8 Å². The van der Waals surface area contributed by atoms with Crippen LogP contribution in [0.1, 0.15) is 30.5 Å². The van der Waals surface area contributed by atoms with Gasteiger partial charge in [0.2, 0.25) is 11.2 Å². The van der Waals surface area contributed by atoms with Crippen LogP contribution >= 0.6 is 27.5 Å². The highest BCUT2D eigenvalue weighted by molar-refractivity contribution is 9.10. The highest BCUT2D eigenvalue weighted by Gasteiger charge is 2.31. The summed E-state index contributed by atoms with van der Waals surface area (Å²) in [5.74, 6) is 1.52. The van der Waals surface area contributed by atoms with Gasteiger partial charge in [0, 0.05) is 35.0 Å². The van der Waals surface area contributed by atoms with Crippen molar-refractivity contribution in [1.29, 1.82) is 0 Å². The van der Waals surface area contributed by atoms with Crippen LogP contribution in [0.3, 0.4) is 0 Å². The summed E-state index contributed by atoms with van der Waals surface area (Å²) in [5, 5.41) is 10.4. The van der Waals surface area contributed by atoms with Gasteiger partial charge in [-0.25, -0.2) is 9.99 Å². The summed E-state index contributed by atoms with van der Waals surface area (Å²) in [5.41, 5.74) is 4.15. The van der Waals surface area contributed by atoms with Gasteiger partial charge in [-0.05, 0) is 53.1 Å². The minimum atomic E-state index is -0.163. The third kappa shape index (κ3) is 5.10. The summed E-state index contributed by atoms with van der Waals surface area (Å²) >= 11 is 9.70. The molecule has 1 aliphatic heterocycles. The summed E-state index contributed by atoms with van der Waals surface area (Å²) < 4.78 is 11.8. The predicted octanol–water partition coefficient (Wildman–Crippen LogP) is 6.50. The van der Waals surface area contributed by atoms with Crippen LogP contribution in [0.15, 0.2) is 70.2 Å². The Bertz CT molecular complexity index is 1530. The van der Waals surface area contributed by atoms with Crippen LogP contribution in [-0.2, 0) is 4.79 Å². The number of methoxy groups -OCH3 is 2. The fourth-order valence-corrected chi connectivity index (χ4v) is 4.80. The van der Waals surface area contributed by atoms with E-state index in [-0.39, 0.29) is 17.2 Å². The van der Waals surface area contributed by atoms with Crippen molar-refractivity contribution in [3.63, 3.8) is 0 Å². The SMILES string of the molecule is COc1cc2nc(Cl)nc(Nc3cccc(C4=NN(C(C)=O)C(c5ccc(Br)cc5)C4)c3)c2cc1OC. The van der Waals surface area contributed by atoms with Crippen molar-refractivity contribution < 1.29 is 14.3 Å². The Balaban J connectivity index is 1.47. The van der Waals surface area contributed by atoms with Gasteiger partial charge >= 0.3 is 0 Å². The number of halogens is 2. The molecule has 1 atom stereocenters. The maximum absolute atomic E-state index is 12.4. The molecular weight excluding hydrogens is 558 g/mol. The molecule has 8 nitrogen and oxygen atoms in total. The molecule has 1 aliphatic rings. The Kier molecular flexibility index (Phi) is 6.99. The highest BCUT2D eigenvalue weighted by Crippen LogP contribution is 2.37. The van der Waals surface area contributed by atoms with Gasteiger partial charge in [-0.3, -0.25) is 4.79 Å². The number of hydrogen-bond acceptors (Lipinski definition) is 7. The van der Waals surface area contributed by atoms with Crippen LogP contribution in [0.2, 0.25) is 5.28 Å². The summed E-state index contributed by atoms with van der Waals surface area (Å²) in [7, 11) is 3.14. The molecule has 1 amide bonds. The average molecular weight is 581 g/mol. The van der Waals surface area contributed by atoms with Crippen molar-refractivity contribution in [3.8, 4) is 11.5 Å². The van der Waals surface area contributed by atoms with E-state index in [0.717, 1.165) is 32.4 Å². The Morgan fingerprint density at radius 3 is 2.49 bits per heavy atom. The molecule has 1 aromatic heterocycles. The Morgan fingerprint density at radius 2 is 1.78 bits per heavy atom. The van der Waals surface area contributed by atoms with E-state index in [9.17, 15) is 4.79 Å². The lowest BCUT2D eigenvalue weighted by Crippen LogP contribution is -2.24. The van der Waals surface area contributed by atoms with Crippen LogP contribution in [0, 0.1) is 0 Å². The summed E-state index contributed by atoms with van der Waals surface area (Å²) in [6.07, 6.45) is 0.601. The van der Waals surface area contributed by atoms with Crippen LogP contribution in [0.25, 0.3) is 10.9 Å². The minimum Gasteiger partial charge on any atom is -0.493 e. The molecule has 10 heteroatoms. The number of carbonyl (C=O) groups is 1. The van der Waals surface area contributed by atoms with Gasteiger partial charge in [0.05, 0.1) is 31.5 Å². The molecule has 0 spiro atoms. The van der Waals surface area contributed by atoms with Crippen LogP contribution in [0.4, 0.5) is 11.5 Å². The van der Waals surface area contributed by atoms with E-state index >= 15 is 0 Å². The first-order valence-electron chi connectivity index (χ1n) is 11.5. The van der Waals surface area contributed by atoms with Crippen LogP contribution in [-0.4, -0.2) is 40.8 Å². The highest BCUT2D eigenvalue weighted by atomic mass is 79.9. The average Bonchev–Trinajstić information content (AvgIpc) is 3.34. The third-order valence-electron chi connectivity index (χ3n) is 6.12. The molecule has 37 heavy (non-hydrogen) atoms. The summed E-state index contributed by atoms with van der Waals surface area (Å²) in [4.78, 5) is 21.1. The minimum absolute atomic E-state index is 0.105. The number of anilines is 2. The lowest BCUT2D eigenvalue weighted by molar-refractivity contribution is -0.130. The first-order valence-corrected chi connectivity index (χ1v) is 12.6. The quantitative estimate of drug-likeness (QED) is 0.262. The monoisotopic (exact) mass is 579 g/mol. The van der Waals surface area contributed by atoms with E-state index in [2.05, 4.69) is 36.3 Å². The van der Waals surface area contributed by atoms with E-state index in [4.69, 9.17) is 21.1 Å². The molecular formula is C27H23BrClN5O3. The van der Waals surface area contributed by atoms with E-state index < -0.39 is 0 Å². The van der Waals surface area contributed by atoms with Crippen molar-refractivity contribution in [2.24, 2.45) is 5.10 Å². The number of aromatic nitrogens is 2. The van der Waals surface area contributed by atoms with Crippen molar-refractivity contribution in [1.82, 2.24) is 15.0 Å². The lowest BCUT2D eigenvalue weighted by Gasteiger charge is -2.20. The molecule has 1 unspecified atom stereocenters. The second-order valence-corrected chi connectivity index (χ2v) is 9.71. The van der Waals surface area contributed by atoms with Crippen molar-refractivity contribution in [2.45, 2.75) is 19.4 Å². The maximum Gasteiger partial charge on any atom is 0.240 e. The zero-order chi connectivity index (χ0) is 26.1. The molecule has 3 aromatic carbocycles. The molecule has 4 aromatic rings. The van der Waals surface area contributed by atoms with Gasteiger partial charge in [-0.15, -0.1) is 0 Å². The second kappa shape index (κ2) is 10.4. The Morgan fingerprint density at radius 1 is 1.05 bits per heavy atom. The first-order chi connectivity index (χ1) is 17.9. The number of rotatable bonds is 6.